The third-order valence-corrected chi connectivity index (χ3v) is 2.35. The van der Waals surface area contributed by atoms with E-state index in [1.165, 1.54) is 0 Å². The van der Waals surface area contributed by atoms with E-state index in [9.17, 15) is 0 Å². The molecule has 1 unspecified atom stereocenters. The van der Waals surface area contributed by atoms with Crippen LogP contribution < -0.4 is 0 Å². The van der Waals surface area contributed by atoms with Crippen LogP contribution in [0.1, 0.15) is 43.1 Å². The van der Waals surface area contributed by atoms with E-state index in [2.05, 4.69) is 24.9 Å². The van der Waals surface area contributed by atoms with Gasteiger partial charge in [-0.1, -0.05) is 13.8 Å². The number of aryl methyl sites for hydroxylation is 1. The van der Waals surface area contributed by atoms with E-state index in [0.717, 1.165) is 17.8 Å². The maximum Gasteiger partial charge on any atom is 0.101 e. The highest BCUT2D eigenvalue weighted by molar-refractivity contribution is 5.33. The maximum absolute atomic E-state index is 8.72. The van der Waals surface area contributed by atoms with Crippen LogP contribution in [-0.2, 0) is 0 Å². The van der Waals surface area contributed by atoms with Crippen molar-refractivity contribution in [3.8, 4) is 6.07 Å². The zero-order valence-electron chi connectivity index (χ0n) is 8.33. The van der Waals surface area contributed by atoms with Gasteiger partial charge < -0.3 is 0 Å². The first-order chi connectivity index (χ1) is 6.19. The lowest BCUT2D eigenvalue weighted by Crippen LogP contribution is -1.98. The summed E-state index contributed by atoms with van der Waals surface area (Å²) in [5.41, 5.74) is 2.59. The molecule has 2 heteroatoms. The molecule has 1 heterocycles. The Balaban J connectivity index is 3.04. The molecule has 0 N–H and O–H groups in total. The largest absolute Gasteiger partial charge is 0.257 e. The highest BCUT2D eigenvalue weighted by Crippen LogP contribution is 2.17. The van der Waals surface area contributed by atoms with Crippen molar-refractivity contribution in [2.24, 2.45) is 0 Å². The molecule has 2 nitrogen and oxygen atoms in total. The van der Waals surface area contributed by atoms with Crippen molar-refractivity contribution in [2.75, 3.05) is 0 Å². The van der Waals surface area contributed by atoms with Crippen LogP contribution >= 0.6 is 0 Å². The normalized spacial score (nSPS) is 12.2. The lowest BCUT2D eigenvalue weighted by atomic mass is 10.0. The van der Waals surface area contributed by atoms with Crippen molar-refractivity contribution in [1.82, 2.24) is 4.98 Å². The number of rotatable bonds is 2. The summed E-state index contributed by atoms with van der Waals surface area (Å²) in [6, 6.07) is 5.91. The fourth-order valence-corrected chi connectivity index (χ4v) is 1.18. The highest BCUT2D eigenvalue weighted by Gasteiger charge is 2.06. The molecule has 0 aliphatic rings. The van der Waals surface area contributed by atoms with Crippen molar-refractivity contribution in [1.29, 1.82) is 5.26 Å². The summed E-state index contributed by atoms with van der Waals surface area (Å²) >= 11 is 0. The van der Waals surface area contributed by atoms with E-state index in [0.29, 0.717) is 11.5 Å². The molecule has 0 aliphatic heterocycles. The average molecular weight is 174 g/mol. The molecule has 1 atom stereocenters. The van der Waals surface area contributed by atoms with Gasteiger partial charge in [0.2, 0.25) is 0 Å². The lowest BCUT2D eigenvalue weighted by molar-refractivity contribution is 0.704. The first kappa shape index (κ1) is 9.73. The van der Waals surface area contributed by atoms with E-state index >= 15 is 0 Å². The predicted molar refractivity (Wildman–Crippen MR) is 52.4 cm³/mol. The van der Waals surface area contributed by atoms with Gasteiger partial charge in [0.1, 0.15) is 6.07 Å². The molecule has 0 amide bonds. The maximum atomic E-state index is 8.72. The van der Waals surface area contributed by atoms with Crippen molar-refractivity contribution in [3.63, 3.8) is 0 Å². The molecule has 0 saturated heterocycles. The minimum absolute atomic E-state index is 0.478. The number of nitriles is 1. The van der Waals surface area contributed by atoms with Crippen LogP contribution in [0.25, 0.3) is 0 Å². The SMILES string of the molecule is CCC(C)c1ccc(C#N)c(C)n1. The fourth-order valence-electron chi connectivity index (χ4n) is 1.18. The Morgan fingerprint density at radius 2 is 2.23 bits per heavy atom. The van der Waals surface area contributed by atoms with Gasteiger partial charge in [0.15, 0.2) is 0 Å². The summed E-state index contributed by atoms with van der Waals surface area (Å²) in [6.45, 7) is 6.16. The number of nitrogens with zero attached hydrogens (tertiary/aromatic N) is 2. The van der Waals surface area contributed by atoms with Gasteiger partial charge in [-0.2, -0.15) is 5.26 Å². The van der Waals surface area contributed by atoms with Gasteiger partial charge in [-0.25, -0.2) is 0 Å². The molecular weight excluding hydrogens is 160 g/mol. The van der Waals surface area contributed by atoms with E-state index in [1.807, 2.05) is 19.1 Å². The predicted octanol–water partition coefficient (Wildman–Crippen LogP) is 2.78. The van der Waals surface area contributed by atoms with Crippen molar-refractivity contribution in [3.05, 3.63) is 29.1 Å². The quantitative estimate of drug-likeness (QED) is 0.691. The summed E-state index contributed by atoms with van der Waals surface area (Å²) in [5.74, 6) is 0.478. The van der Waals surface area contributed by atoms with Gasteiger partial charge in [0.25, 0.3) is 0 Å². The molecule has 13 heavy (non-hydrogen) atoms. The van der Waals surface area contributed by atoms with E-state index < -0.39 is 0 Å². The summed E-state index contributed by atoms with van der Waals surface area (Å²) in [4.78, 5) is 4.39. The summed E-state index contributed by atoms with van der Waals surface area (Å²) in [6.07, 6.45) is 1.08. The fraction of sp³-hybridized carbons (Fsp3) is 0.455. The third-order valence-electron chi connectivity index (χ3n) is 2.35. The Kier molecular flexibility index (Phi) is 3.02. The van der Waals surface area contributed by atoms with Crippen LogP contribution in [0.15, 0.2) is 12.1 Å². The van der Waals surface area contributed by atoms with Crippen LogP contribution in [-0.4, -0.2) is 4.98 Å². The van der Waals surface area contributed by atoms with Gasteiger partial charge in [-0.15, -0.1) is 0 Å². The molecular formula is C11H14N2. The highest BCUT2D eigenvalue weighted by atomic mass is 14.7. The van der Waals surface area contributed by atoms with Gasteiger partial charge in [0, 0.05) is 5.69 Å². The molecule has 1 aromatic rings. The Labute approximate surface area is 79.2 Å². The number of aromatic nitrogens is 1. The van der Waals surface area contributed by atoms with Crippen LogP contribution in [0.2, 0.25) is 0 Å². The van der Waals surface area contributed by atoms with Crippen LogP contribution in [0.4, 0.5) is 0 Å². The number of hydrogen-bond acceptors (Lipinski definition) is 2. The van der Waals surface area contributed by atoms with Gasteiger partial charge in [-0.3, -0.25) is 4.98 Å². The molecule has 0 bridgehead atoms. The first-order valence-electron chi connectivity index (χ1n) is 4.56. The average Bonchev–Trinajstić information content (AvgIpc) is 2.16. The molecule has 0 spiro atoms. The molecule has 68 valence electrons. The van der Waals surface area contributed by atoms with Gasteiger partial charge >= 0.3 is 0 Å². The second-order valence-corrected chi connectivity index (χ2v) is 3.29. The van der Waals surface area contributed by atoms with Crippen molar-refractivity contribution >= 4 is 0 Å². The minimum Gasteiger partial charge on any atom is -0.257 e. The van der Waals surface area contributed by atoms with Crippen LogP contribution in [0.5, 0.6) is 0 Å². The topological polar surface area (TPSA) is 36.7 Å². The van der Waals surface area contributed by atoms with E-state index in [-0.39, 0.29) is 0 Å². The van der Waals surface area contributed by atoms with Crippen LogP contribution in [0.3, 0.4) is 0 Å². The van der Waals surface area contributed by atoms with E-state index in [1.54, 1.807) is 0 Å². The third kappa shape index (κ3) is 2.06. The molecule has 0 radical (unpaired) electrons. The van der Waals surface area contributed by atoms with E-state index in [4.69, 9.17) is 5.26 Å². The summed E-state index contributed by atoms with van der Waals surface area (Å²) in [5, 5.41) is 8.72. The second kappa shape index (κ2) is 4.04. The standard InChI is InChI=1S/C11H14N2/c1-4-8(2)11-6-5-10(7-12)9(3)13-11/h5-6,8H,4H2,1-3H3. The number of hydrogen-bond donors (Lipinski definition) is 0. The van der Waals surface area contributed by atoms with Crippen molar-refractivity contribution < 1.29 is 0 Å². The Bertz CT molecular complexity index is 336. The first-order valence-corrected chi connectivity index (χ1v) is 4.56. The Morgan fingerprint density at radius 1 is 1.54 bits per heavy atom. The molecule has 0 aromatic carbocycles. The lowest BCUT2D eigenvalue weighted by Gasteiger charge is -2.08. The minimum atomic E-state index is 0.478. The second-order valence-electron chi connectivity index (χ2n) is 3.29. The zero-order chi connectivity index (χ0) is 9.84. The van der Waals surface area contributed by atoms with Crippen LogP contribution in [0, 0.1) is 18.3 Å². The summed E-state index contributed by atoms with van der Waals surface area (Å²) < 4.78 is 0. The Morgan fingerprint density at radius 3 is 2.69 bits per heavy atom. The molecule has 0 fully saturated rings. The smallest absolute Gasteiger partial charge is 0.101 e. The van der Waals surface area contributed by atoms with Gasteiger partial charge in [-0.05, 0) is 31.4 Å². The summed E-state index contributed by atoms with van der Waals surface area (Å²) in [7, 11) is 0. The molecule has 0 saturated carbocycles. The molecule has 1 rings (SSSR count). The number of pyridine rings is 1. The van der Waals surface area contributed by atoms with Crippen molar-refractivity contribution in [2.45, 2.75) is 33.1 Å². The monoisotopic (exact) mass is 174 g/mol. The molecule has 0 aliphatic carbocycles. The Hall–Kier alpha value is -1.36. The van der Waals surface area contributed by atoms with Gasteiger partial charge in [0.05, 0.1) is 11.3 Å². The zero-order valence-corrected chi connectivity index (χ0v) is 8.33. The molecule has 1 aromatic heterocycles.